The first kappa shape index (κ1) is 8.10. The number of rotatable bonds is 2. The van der Waals surface area contributed by atoms with Gasteiger partial charge in [-0.2, -0.15) is 0 Å². The monoisotopic (exact) mass is 152 g/mol. The summed E-state index contributed by atoms with van der Waals surface area (Å²) in [7, 11) is 5.74. The minimum absolute atomic E-state index is 0.255. The van der Waals surface area contributed by atoms with Crippen LogP contribution < -0.4 is 5.76 Å². The van der Waals surface area contributed by atoms with Gasteiger partial charge in [-0.3, -0.25) is 0 Å². The fourth-order valence-electron chi connectivity index (χ4n) is 0.625. The van der Waals surface area contributed by atoms with Crippen LogP contribution >= 0.6 is 0 Å². The summed E-state index contributed by atoms with van der Waals surface area (Å²) < 4.78 is 4.69. The van der Waals surface area contributed by atoms with Crippen molar-refractivity contribution < 1.29 is 4.42 Å². The largest absolute Gasteiger partial charge is 0.434 e. The maximum absolute atomic E-state index is 10.5. The third-order valence-electron chi connectivity index (χ3n) is 1.66. The zero-order chi connectivity index (χ0) is 8.48. The molecular formula is C6H9BN2O2. The van der Waals surface area contributed by atoms with Gasteiger partial charge in [-0.1, -0.05) is 20.3 Å². The van der Waals surface area contributed by atoms with Crippen LogP contribution in [0.5, 0.6) is 0 Å². The fraction of sp³-hybridized carbons (Fsp3) is 0.667. The van der Waals surface area contributed by atoms with Gasteiger partial charge in [0, 0.05) is 5.31 Å². The topological polar surface area (TPSA) is 58.9 Å². The van der Waals surface area contributed by atoms with E-state index < -0.39 is 11.1 Å². The van der Waals surface area contributed by atoms with E-state index in [-0.39, 0.29) is 5.89 Å². The van der Waals surface area contributed by atoms with Gasteiger partial charge in [0.25, 0.3) is 0 Å². The van der Waals surface area contributed by atoms with Crippen molar-refractivity contribution in [2.75, 3.05) is 0 Å². The number of aromatic amines is 1. The molecule has 1 aromatic rings. The molecule has 0 aliphatic rings. The van der Waals surface area contributed by atoms with Crippen molar-refractivity contribution in [2.24, 2.45) is 0 Å². The molecule has 0 saturated carbocycles. The Morgan fingerprint density at radius 3 is 2.82 bits per heavy atom. The van der Waals surface area contributed by atoms with E-state index in [9.17, 15) is 4.79 Å². The Bertz CT molecular complexity index is 289. The van der Waals surface area contributed by atoms with E-state index in [4.69, 9.17) is 12.3 Å². The lowest BCUT2D eigenvalue weighted by atomic mass is 9.68. The zero-order valence-electron chi connectivity index (χ0n) is 6.55. The predicted octanol–water partition coefficient (Wildman–Crippen LogP) is 0.157. The maximum atomic E-state index is 10.5. The molecule has 1 atom stereocenters. The molecule has 1 heterocycles. The molecule has 0 bridgehead atoms. The molecule has 1 aromatic heterocycles. The molecule has 1 N–H and O–H groups in total. The van der Waals surface area contributed by atoms with Gasteiger partial charge < -0.3 is 4.42 Å². The first-order valence-corrected chi connectivity index (χ1v) is 3.41. The van der Waals surface area contributed by atoms with Crippen LogP contribution in [0.3, 0.4) is 0 Å². The second kappa shape index (κ2) is 2.56. The minimum atomic E-state index is -0.654. The van der Waals surface area contributed by atoms with Crippen LogP contribution in [0.15, 0.2) is 9.21 Å². The Morgan fingerprint density at radius 1 is 1.82 bits per heavy atom. The standard InChI is InChI=1S/C6H9BN2O2/c1-3-6(2,7)4-8-9-5(10)11-4/h3H2,1-2H3,(H,9,10). The van der Waals surface area contributed by atoms with Crippen molar-refractivity contribution in [2.45, 2.75) is 25.6 Å². The van der Waals surface area contributed by atoms with Crippen LogP contribution in [-0.4, -0.2) is 18.0 Å². The number of hydrogen-bond acceptors (Lipinski definition) is 3. The van der Waals surface area contributed by atoms with Gasteiger partial charge in [0.05, 0.1) is 7.85 Å². The summed E-state index contributed by atoms with van der Waals surface area (Å²) in [5.74, 6) is -0.310. The molecule has 0 fully saturated rings. The number of hydrogen-bond donors (Lipinski definition) is 1. The Morgan fingerprint density at radius 2 is 2.45 bits per heavy atom. The lowest BCUT2D eigenvalue weighted by molar-refractivity contribution is 0.403. The van der Waals surface area contributed by atoms with Crippen molar-refractivity contribution in [1.29, 1.82) is 0 Å². The van der Waals surface area contributed by atoms with E-state index >= 15 is 0 Å². The van der Waals surface area contributed by atoms with Gasteiger partial charge in [-0.25, -0.2) is 9.89 Å². The van der Waals surface area contributed by atoms with Crippen molar-refractivity contribution in [3.05, 3.63) is 16.4 Å². The summed E-state index contributed by atoms with van der Waals surface area (Å²) >= 11 is 0. The summed E-state index contributed by atoms with van der Waals surface area (Å²) in [6.45, 7) is 3.65. The van der Waals surface area contributed by atoms with Crippen molar-refractivity contribution in [3.63, 3.8) is 0 Å². The average molecular weight is 152 g/mol. The Labute approximate surface area is 65.4 Å². The summed E-state index contributed by atoms with van der Waals surface area (Å²) in [6.07, 6.45) is 0.667. The maximum Gasteiger partial charge on any atom is 0.434 e. The molecule has 0 aliphatic heterocycles. The second-order valence-corrected chi connectivity index (χ2v) is 2.69. The van der Waals surface area contributed by atoms with Gasteiger partial charge in [-0.05, 0) is 0 Å². The average Bonchev–Trinajstić information content (AvgIpc) is 2.36. The summed E-state index contributed by atoms with van der Waals surface area (Å²) in [6, 6.07) is 0. The summed E-state index contributed by atoms with van der Waals surface area (Å²) in [5.41, 5.74) is 0. The lowest BCUT2D eigenvalue weighted by Gasteiger charge is -2.16. The van der Waals surface area contributed by atoms with Crippen LogP contribution in [0.2, 0.25) is 0 Å². The van der Waals surface area contributed by atoms with Gasteiger partial charge >= 0.3 is 5.76 Å². The highest BCUT2D eigenvalue weighted by atomic mass is 16.4. The quantitative estimate of drug-likeness (QED) is 0.613. The highest BCUT2D eigenvalue weighted by molar-refractivity contribution is 6.15. The molecule has 0 saturated heterocycles. The van der Waals surface area contributed by atoms with Crippen LogP contribution in [0.1, 0.15) is 26.2 Å². The molecule has 0 aromatic carbocycles. The Balaban J connectivity index is 3.01. The van der Waals surface area contributed by atoms with Crippen molar-refractivity contribution >= 4 is 7.85 Å². The first-order valence-electron chi connectivity index (χ1n) is 3.41. The van der Waals surface area contributed by atoms with E-state index in [1.54, 1.807) is 6.92 Å². The fourth-order valence-corrected chi connectivity index (χ4v) is 0.625. The number of H-pyrrole nitrogens is 1. The predicted molar refractivity (Wildman–Crippen MR) is 40.5 cm³/mol. The lowest BCUT2D eigenvalue weighted by Crippen LogP contribution is -2.21. The molecule has 2 radical (unpaired) electrons. The van der Waals surface area contributed by atoms with E-state index in [1.807, 2.05) is 6.92 Å². The van der Waals surface area contributed by atoms with Crippen LogP contribution in [0, 0.1) is 0 Å². The highest BCUT2D eigenvalue weighted by Gasteiger charge is 2.23. The van der Waals surface area contributed by atoms with Gasteiger partial charge in [-0.15, -0.1) is 5.10 Å². The molecule has 11 heavy (non-hydrogen) atoms. The molecular weight excluding hydrogens is 143 g/mol. The third kappa shape index (κ3) is 1.53. The van der Waals surface area contributed by atoms with E-state index in [1.165, 1.54) is 0 Å². The van der Waals surface area contributed by atoms with E-state index in [2.05, 4.69) is 10.2 Å². The first-order chi connectivity index (χ1) is 5.06. The van der Waals surface area contributed by atoms with Crippen LogP contribution in [0.25, 0.3) is 0 Å². The molecule has 5 heteroatoms. The highest BCUT2D eigenvalue weighted by Crippen LogP contribution is 2.19. The van der Waals surface area contributed by atoms with Gasteiger partial charge in [0.2, 0.25) is 5.89 Å². The zero-order valence-corrected chi connectivity index (χ0v) is 6.55. The molecule has 0 aliphatic carbocycles. The summed E-state index contributed by atoms with van der Waals surface area (Å²) in [5, 5.41) is 5.13. The number of nitrogens with zero attached hydrogens (tertiary/aromatic N) is 1. The smallest absolute Gasteiger partial charge is 0.393 e. The number of nitrogens with one attached hydrogen (secondary N) is 1. The van der Waals surface area contributed by atoms with Crippen LogP contribution in [-0.2, 0) is 5.31 Å². The Kier molecular flexibility index (Phi) is 1.89. The van der Waals surface area contributed by atoms with Crippen molar-refractivity contribution in [1.82, 2.24) is 10.2 Å². The molecule has 1 unspecified atom stereocenters. The molecule has 0 amide bonds. The normalized spacial score (nSPS) is 16.2. The summed E-state index contributed by atoms with van der Waals surface area (Å²) in [4.78, 5) is 10.5. The SMILES string of the molecule is [B]C(C)(CC)c1n[nH]c(=O)o1. The number of aromatic nitrogens is 2. The van der Waals surface area contributed by atoms with Crippen LogP contribution in [0.4, 0.5) is 0 Å². The van der Waals surface area contributed by atoms with E-state index in [0.717, 1.165) is 0 Å². The molecule has 1 rings (SSSR count). The second-order valence-electron chi connectivity index (χ2n) is 2.69. The molecule has 0 spiro atoms. The molecule has 58 valence electrons. The molecule has 4 nitrogen and oxygen atoms in total. The van der Waals surface area contributed by atoms with E-state index in [0.29, 0.717) is 6.42 Å². The van der Waals surface area contributed by atoms with Gasteiger partial charge in [0.15, 0.2) is 0 Å². The minimum Gasteiger partial charge on any atom is -0.393 e. The van der Waals surface area contributed by atoms with Gasteiger partial charge in [0.1, 0.15) is 0 Å². The van der Waals surface area contributed by atoms with Crippen molar-refractivity contribution in [3.8, 4) is 0 Å². The third-order valence-corrected chi connectivity index (χ3v) is 1.66. The Hall–Kier alpha value is -0.995.